The first-order chi connectivity index (χ1) is 25.6. The lowest BCUT2D eigenvalue weighted by molar-refractivity contribution is -0.123. The Labute approximate surface area is 308 Å². The van der Waals surface area contributed by atoms with Gasteiger partial charge >= 0.3 is 25.1 Å². The SMILES string of the molecule is O=C(O)c1c(F)ccc2c1OB(O)[C@@H](NC(=O)C(NC(=O)N1CCN(C3CCN(C(=O)c4ccc(F)c(O)c4)CC3)C1=O)c1cc(F)c(O)c(O)c1Cl)C2. The van der Waals surface area contributed by atoms with Gasteiger partial charge in [-0.1, -0.05) is 17.7 Å². The molecule has 3 aliphatic rings. The number of carbonyl (C=O) groups is 5. The van der Waals surface area contributed by atoms with Gasteiger partial charge in [0.2, 0.25) is 5.91 Å². The molecule has 284 valence electrons. The van der Waals surface area contributed by atoms with Crippen molar-refractivity contribution in [2.75, 3.05) is 26.2 Å². The van der Waals surface area contributed by atoms with E-state index in [2.05, 4.69) is 10.6 Å². The summed E-state index contributed by atoms with van der Waals surface area (Å²) < 4.78 is 47.6. The Morgan fingerprint density at radius 1 is 0.926 bits per heavy atom. The van der Waals surface area contributed by atoms with Gasteiger partial charge in [-0.2, -0.15) is 0 Å². The van der Waals surface area contributed by atoms with Crippen molar-refractivity contribution >= 4 is 48.6 Å². The van der Waals surface area contributed by atoms with Crippen molar-refractivity contribution in [1.29, 1.82) is 0 Å². The summed E-state index contributed by atoms with van der Waals surface area (Å²) in [7, 11) is -1.95. The molecular weight excluding hydrogens is 746 g/mol. The highest BCUT2D eigenvalue weighted by Gasteiger charge is 2.43. The number of imide groups is 1. The second-order valence-corrected chi connectivity index (χ2v) is 13.1. The van der Waals surface area contributed by atoms with Crippen LogP contribution in [0.25, 0.3) is 0 Å². The number of nitrogens with one attached hydrogen (secondary N) is 2. The van der Waals surface area contributed by atoms with Crippen molar-refractivity contribution in [2.24, 2.45) is 0 Å². The summed E-state index contributed by atoms with van der Waals surface area (Å²) >= 11 is 6.17. The number of urea groups is 2. The van der Waals surface area contributed by atoms with Gasteiger partial charge in [-0.25, -0.2) is 32.5 Å². The fourth-order valence-electron chi connectivity index (χ4n) is 6.63. The first-order valence-corrected chi connectivity index (χ1v) is 16.7. The number of amides is 6. The number of hydrogen-bond acceptors (Lipinski definition) is 10. The minimum atomic E-state index is -1.98. The van der Waals surface area contributed by atoms with Crippen LogP contribution in [0, 0.1) is 17.5 Å². The molecular formula is C33H30BClF3N5O11. The molecule has 0 aromatic heterocycles. The summed E-state index contributed by atoms with van der Waals surface area (Å²) in [5.74, 6) is -11.7. The van der Waals surface area contributed by atoms with Gasteiger partial charge < -0.3 is 50.5 Å². The summed E-state index contributed by atoms with van der Waals surface area (Å²) in [6.07, 6.45) is 0.313. The lowest BCUT2D eigenvalue weighted by Crippen LogP contribution is -2.56. The van der Waals surface area contributed by atoms with Crippen LogP contribution in [-0.2, 0) is 11.2 Å². The predicted molar refractivity (Wildman–Crippen MR) is 179 cm³/mol. The average Bonchev–Trinajstić information content (AvgIpc) is 3.53. The Kier molecular flexibility index (Phi) is 10.4. The van der Waals surface area contributed by atoms with Crippen molar-refractivity contribution in [2.45, 2.75) is 37.3 Å². The number of aromatic hydroxyl groups is 3. The number of likely N-dealkylation sites (tertiary alicyclic amines) is 1. The molecule has 3 heterocycles. The molecule has 2 fully saturated rings. The van der Waals surface area contributed by atoms with Gasteiger partial charge in [-0.15, -0.1) is 0 Å². The van der Waals surface area contributed by atoms with E-state index in [1.807, 2.05) is 0 Å². The van der Waals surface area contributed by atoms with E-state index in [-0.39, 0.29) is 43.7 Å². The smallest absolute Gasteiger partial charge is 0.534 e. The molecule has 0 bridgehead atoms. The minimum Gasteiger partial charge on any atom is -0.534 e. The van der Waals surface area contributed by atoms with E-state index in [0.717, 1.165) is 23.1 Å². The Bertz CT molecular complexity index is 2070. The van der Waals surface area contributed by atoms with Crippen LogP contribution in [0.15, 0.2) is 36.4 Å². The molecule has 3 aromatic rings. The van der Waals surface area contributed by atoms with Crippen LogP contribution >= 0.6 is 11.6 Å². The van der Waals surface area contributed by atoms with E-state index in [9.17, 15) is 62.6 Å². The van der Waals surface area contributed by atoms with E-state index < -0.39 is 112 Å². The fourth-order valence-corrected chi connectivity index (χ4v) is 6.89. The van der Waals surface area contributed by atoms with Gasteiger partial charge in [-0.3, -0.25) is 9.59 Å². The number of nitrogens with zero attached hydrogens (tertiary/aromatic N) is 3. The molecule has 2 saturated heterocycles. The minimum absolute atomic E-state index is 0.0624. The molecule has 1 unspecified atom stereocenters. The van der Waals surface area contributed by atoms with Crippen LogP contribution in [0.3, 0.4) is 0 Å². The highest BCUT2D eigenvalue weighted by Crippen LogP contribution is 2.41. The maximum absolute atomic E-state index is 14.7. The molecule has 0 spiro atoms. The van der Waals surface area contributed by atoms with Crippen molar-refractivity contribution in [1.82, 2.24) is 25.3 Å². The molecule has 0 radical (unpaired) electrons. The first kappa shape index (κ1) is 37.9. The topological polar surface area (TPSA) is 230 Å². The van der Waals surface area contributed by atoms with Gasteiger partial charge in [0.25, 0.3) is 5.91 Å². The van der Waals surface area contributed by atoms with Crippen molar-refractivity contribution in [3.05, 3.63) is 81.1 Å². The summed E-state index contributed by atoms with van der Waals surface area (Å²) in [5.41, 5.74) is -1.25. The number of piperidine rings is 1. The quantitative estimate of drug-likeness (QED) is 0.136. The van der Waals surface area contributed by atoms with E-state index in [4.69, 9.17) is 16.3 Å². The largest absolute Gasteiger partial charge is 0.547 e. The number of rotatable bonds is 7. The summed E-state index contributed by atoms with van der Waals surface area (Å²) in [6, 6.07) is 1.50. The molecule has 3 aliphatic heterocycles. The van der Waals surface area contributed by atoms with E-state index in [1.165, 1.54) is 21.9 Å². The van der Waals surface area contributed by atoms with Crippen LogP contribution in [0.2, 0.25) is 5.02 Å². The van der Waals surface area contributed by atoms with Crippen LogP contribution in [0.5, 0.6) is 23.0 Å². The van der Waals surface area contributed by atoms with Gasteiger partial charge in [0.05, 0.1) is 11.0 Å². The monoisotopic (exact) mass is 775 g/mol. The van der Waals surface area contributed by atoms with E-state index >= 15 is 0 Å². The van der Waals surface area contributed by atoms with E-state index in [0.29, 0.717) is 18.9 Å². The molecule has 2 atom stereocenters. The standard InChI is InChI=1S/C33H30BClF3N5O11/c35-24-17(13-20(38)26(45)27(24)46)25(29(47)39-22-12-14-1-4-19(37)23(31(49)50)28(14)54-34(22)53)40-32(51)43-10-9-42(33(43)52)16-5-7-41(8-6-16)30(48)15-2-3-18(36)21(44)11-15/h1-4,11,13,16,22,25,44-46,53H,5-10,12H2,(H,39,47)(H,40,51)(H,49,50)/t22-,25?/m0/s1. The van der Waals surface area contributed by atoms with Crippen LogP contribution < -0.4 is 15.3 Å². The Morgan fingerprint density at radius 3 is 2.28 bits per heavy atom. The number of carboxylic acids is 1. The molecule has 54 heavy (non-hydrogen) atoms. The van der Waals surface area contributed by atoms with Gasteiger partial charge in [0, 0.05) is 43.3 Å². The number of halogens is 4. The van der Waals surface area contributed by atoms with Crippen LogP contribution in [0.4, 0.5) is 22.8 Å². The third kappa shape index (κ3) is 7.08. The predicted octanol–water partition coefficient (Wildman–Crippen LogP) is 2.51. The molecule has 21 heteroatoms. The van der Waals surface area contributed by atoms with E-state index in [1.54, 1.807) is 0 Å². The zero-order chi connectivity index (χ0) is 39.2. The van der Waals surface area contributed by atoms with Crippen molar-refractivity contribution < 1.29 is 67.2 Å². The fraction of sp³-hybridized carbons (Fsp3) is 0.303. The summed E-state index contributed by atoms with van der Waals surface area (Å²) in [6.45, 7) is 0.293. The molecule has 6 rings (SSSR count). The Balaban J connectivity index is 1.17. The summed E-state index contributed by atoms with van der Waals surface area (Å²) in [5, 5.41) is 53.7. The second kappa shape index (κ2) is 14.9. The normalized spacial score (nSPS) is 17.9. The van der Waals surface area contributed by atoms with Crippen molar-refractivity contribution in [3.8, 4) is 23.0 Å². The number of aromatic carboxylic acids is 1. The zero-order valence-corrected chi connectivity index (χ0v) is 28.5. The molecule has 0 aliphatic carbocycles. The number of phenols is 3. The summed E-state index contributed by atoms with van der Waals surface area (Å²) in [4.78, 5) is 69.0. The highest BCUT2D eigenvalue weighted by atomic mass is 35.5. The third-order valence-electron chi connectivity index (χ3n) is 9.46. The molecule has 6 amide bonds. The molecule has 0 saturated carbocycles. The molecule has 7 N–H and O–H groups in total. The van der Waals surface area contributed by atoms with Crippen LogP contribution in [-0.4, -0.2) is 115 Å². The molecule has 16 nitrogen and oxygen atoms in total. The number of fused-ring (bicyclic) bond motifs is 1. The molecule has 3 aromatic carbocycles. The Morgan fingerprint density at radius 2 is 1.61 bits per heavy atom. The number of carbonyl (C=O) groups excluding carboxylic acids is 4. The third-order valence-corrected chi connectivity index (χ3v) is 9.86. The number of hydrogen-bond donors (Lipinski definition) is 7. The van der Waals surface area contributed by atoms with Gasteiger partial charge in [-0.05, 0) is 55.2 Å². The lowest BCUT2D eigenvalue weighted by Gasteiger charge is -2.36. The number of carboxylic acid groups (broad SMARTS) is 1. The van der Waals surface area contributed by atoms with Gasteiger partial charge in [0.15, 0.2) is 28.9 Å². The number of benzene rings is 3. The van der Waals surface area contributed by atoms with Crippen LogP contribution in [0.1, 0.15) is 50.7 Å². The lowest BCUT2D eigenvalue weighted by atomic mass is 9.72. The maximum Gasteiger partial charge on any atom is 0.547 e. The highest BCUT2D eigenvalue weighted by molar-refractivity contribution is 6.47. The maximum atomic E-state index is 14.7. The number of phenolic OH excluding ortho intramolecular Hbond substituents is 3. The first-order valence-electron chi connectivity index (χ1n) is 16.3. The second-order valence-electron chi connectivity index (χ2n) is 12.7. The average molecular weight is 776 g/mol. The van der Waals surface area contributed by atoms with Gasteiger partial charge in [0.1, 0.15) is 23.2 Å². The van der Waals surface area contributed by atoms with Crippen molar-refractivity contribution in [3.63, 3.8) is 0 Å². The Hall–Kier alpha value is -5.89. The zero-order valence-electron chi connectivity index (χ0n) is 27.8.